The summed E-state index contributed by atoms with van der Waals surface area (Å²) in [5, 5.41) is 0. The summed E-state index contributed by atoms with van der Waals surface area (Å²) in [5.74, 6) is 1.41. The van der Waals surface area contributed by atoms with Gasteiger partial charge >= 0.3 is 0 Å². The van der Waals surface area contributed by atoms with E-state index < -0.39 is 11.0 Å². The van der Waals surface area contributed by atoms with Crippen molar-refractivity contribution in [3.63, 3.8) is 0 Å². The molecule has 0 aliphatic heterocycles. The van der Waals surface area contributed by atoms with Crippen LogP contribution < -0.4 is 4.74 Å². The second-order valence-electron chi connectivity index (χ2n) is 8.02. The third-order valence-electron chi connectivity index (χ3n) is 5.59. The summed E-state index contributed by atoms with van der Waals surface area (Å²) in [4.78, 5) is 14.9. The molecule has 0 aromatic heterocycles. The maximum absolute atomic E-state index is 12.9. The van der Waals surface area contributed by atoms with E-state index in [9.17, 15) is 9.00 Å². The second kappa shape index (κ2) is 11.7. The van der Waals surface area contributed by atoms with Crippen LogP contribution in [0.2, 0.25) is 0 Å². The van der Waals surface area contributed by atoms with E-state index in [1.165, 1.54) is 32.1 Å². The van der Waals surface area contributed by atoms with Gasteiger partial charge in [0.25, 0.3) is 0 Å². The first kappa shape index (κ1) is 23.8. The van der Waals surface area contributed by atoms with Gasteiger partial charge in [0.1, 0.15) is 23.3 Å². The van der Waals surface area contributed by atoms with Gasteiger partial charge in [0.2, 0.25) is 5.91 Å². The van der Waals surface area contributed by atoms with Gasteiger partial charge in [0, 0.05) is 27.2 Å². The Kier molecular flexibility index (Phi) is 9.59. The zero-order valence-electron chi connectivity index (χ0n) is 18.5. The average molecular weight is 425 g/mol. The van der Waals surface area contributed by atoms with E-state index in [1.54, 1.807) is 23.4 Å². The van der Waals surface area contributed by atoms with Crippen LogP contribution in [0.15, 0.2) is 17.0 Å². The highest BCUT2D eigenvalue weighted by Crippen LogP contribution is 2.26. The van der Waals surface area contributed by atoms with E-state index in [0.717, 1.165) is 28.3 Å². The monoisotopic (exact) mass is 424 g/mol. The van der Waals surface area contributed by atoms with Crippen molar-refractivity contribution in [1.82, 2.24) is 9.21 Å². The van der Waals surface area contributed by atoms with E-state index in [0.29, 0.717) is 19.1 Å². The van der Waals surface area contributed by atoms with Gasteiger partial charge in [-0.25, -0.2) is 8.51 Å². The van der Waals surface area contributed by atoms with Crippen LogP contribution in [0.25, 0.3) is 0 Å². The lowest BCUT2D eigenvalue weighted by Crippen LogP contribution is -2.36. The number of hydrogen-bond donors (Lipinski definition) is 0. The number of methoxy groups -OCH3 is 1. The van der Waals surface area contributed by atoms with Gasteiger partial charge in [0.05, 0.1) is 18.6 Å². The van der Waals surface area contributed by atoms with Gasteiger partial charge < -0.3 is 14.4 Å². The van der Waals surface area contributed by atoms with Crippen LogP contribution in [0.1, 0.15) is 43.2 Å². The van der Waals surface area contributed by atoms with Gasteiger partial charge in [-0.15, -0.1) is 0 Å². The van der Waals surface area contributed by atoms with Gasteiger partial charge in [0.15, 0.2) is 0 Å². The maximum atomic E-state index is 12.9. The molecule has 0 bridgehead atoms. The third kappa shape index (κ3) is 7.08. The van der Waals surface area contributed by atoms with Crippen LogP contribution in [0.5, 0.6) is 5.75 Å². The van der Waals surface area contributed by atoms with Crippen LogP contribution in [0, 0.1) is 19.8 Å². The maximum Gasteiger partial charge on any atom is 0.248 e. The molecule has 1 aliphatic rings. The summed E-state index contributed by atoms with van der Waals surface area (Å²) in [6.07, 6.45) is 6.32. The Morgan fingerprint density at radius 2 is 1.76 bits per heavy atom. The Morgan fingerprint density at radius 3 is 2.34 bits per heavy atom. The van der Waals surface area contributed by atoms with Crippen LogP contribution in [-0.2, 0) is 20.5 Å². The molecule has 1 aromatic carbocycles. The molecular weight excluding hydrogens is 388 g/mol. The standard InChI is InChI=1S/C22H36N2O4S/c1-17-13-20(27-5)14-18(2)22(17)29(26)24(4)11-12-28-16-21(25)23(3)15-19-9-7-6-8-10-19/h13-14,19H,6-12,15-16H2,1-5H3. The lowest BCUT2D eigenvalue weighted by molar-refractivity contribution is -0.135. The van der Waals surface area contributed by atoms with Crippen LogP contribution >= 0.6 is 0 Å². The Balaban J connectivity index is 1.75. The molecule has 0 saturated heterocycles. The molecule has 1 fully saturated rings. The Hall–Kier alpha value is -1.44. The summed E-state index contributed by atoms with van der Waals surface area (Å²) >= 11 is 0. The molecule has 29 heavy (non-hydrogen) atoms. The zero-order chi connectivity index (χ0) is 21.4. The Labute approximate surface area is 178 Å². The molecule has 2 rings (SSSR count). The topological polar surface area (TPSA) is 59.1 Å². The van der Waals surface area contributed by atoms with Crippen molar-refractivity contribution in [2.45, 2.75) is 50.8 Å². The molecule has 164 valence electrons. The number of hydrogen-bond acceptors (Lipinski definition) is 4. The minimum atomic E-state index is -1.29. The molecule has 0 spiro atoms. The van der Waals surface area contributed by atoms with Crippen molar-refractivity contribution < 1.29 is 18.5 Å². The molecule has 7 heteroatoms. The summed E-state index contributed by atoms with van der Waals surface area (Å²) in [5.41, 5.74) is 1.87. The minimum absolute atomic E-state index is 0.0150. The Morgan fingerprint density at radius 1 is 1.14 bits per heavy atom. The minimum Gasteiger partial charge on any atom is -0.497 e. The lowest BCUT2D eigenvalue weighted by atomic mass is 9.89. The predicted octanol–water partition coefficient (Wildman–Crippen LogP) is 3.32. The van der Waals surface area contributed by atoms with Gasteiger partial charge in [-0.3, -0.25) is 4.79 Å². The van der Waals surface area contributed by atoms with Crippen molar-refractivity contribution in [1.29, 1.82) is 0 Å². The number of amides is 1. The second-order valence-corrected chi connectivity index (χ2v) is 9.55. The van der Waals surface area contributed by atoms with Crippen molar-refractivity contribution in [2.75, 3.05) is 47.5 Å². The van der Waals surface area contributed by atoms with Gasteiger partial charge in [-0.05, 0) is 55.9 Å². The van der Waals surface area contributed by atoms with Crippen molar-refractivity contribution in [3.8, 4) is 5.75 Å². The number of carbonyl (C=O) groups is 1. The normalized spacial score (nSPS) is 16.1. The molecule has 1 aliphatic carbocycles. The average Bonchev–Trinajstić information content (AvgIpc) is 2.70. The molecule has 1 aromatic rings. The Bertz CT molecular complexity index is 681. The number of likely N-dealkylation sites (N-methyl/N-ethyl adjacent to an activating group) is 2. The molecule has 0 heterocycles. The van der Waals surface area contributed by atoms with Crippen molar-refractivity contribution >= 4 is 16.9 Å². The van der Waals surface area contributed by atoms with Gasteiger partial charge in [-0.1, -0.05) is 19.3 Å². The number of aryl methyl sites for hydroxylation is 2. The molecule has 0 radical (unpaired) electrons. The van der Waals surface area contributed by atoms with E-state index >= 15 is 0 Å². The number of benzene rings is 1. The van der Waals surface area contributed by atoms with Crippen LogP contribution in [0.3, 0.4) is 0 Å². The fourth-order valence-electron chi connectivity index (χ4n) is 3.86. The molecule has 1 atom stereocenters. The van der Waals surface area contributed by atoms with Crippen LogP contribution in [0.4, 0.5) is 0 Å². The molecule has 6 nitrogen and oxygen atoms in total. The predicted molar refractivity (Wildman–Crippen MR) is 117 cm³/mol. The summed E-state index contributed by atoms with van der Waals surface area (Å²) in [6, 6.07) is 3.79. The fraction of sp³-hybridized carbons (Fsp3) is 0.682. The van der Waals surface area contributed by atoms with E-state index in [4.69, 9.17) is 9.47 Å². The summed E-state index contributed by atoms with van der Waals surface area (Å²) in [6.45, 7) is 5.62. The largest absolute Gasteiger partial charge is 0.497 e. The highest BCUT2D eigenvalue weighted by atomic mass is 32.2. The molecule has 1 saturated carbocycles. The smallest absolute Gasteiger partial charge is 0.248 e. The van der Waals surface area contributed by atoms with Crippen molar-refractivity contribution in [3.05, 3.63) is 23.3 Å². The summed E-state index contributed by atoms with van der Waals surface area (Å²) in [7, 11) is 4.00. The highest BCUT2D eigenvalue weighted by molar-refractivity contribution is 7.82. The first-order valence-corrected chi connectivity index (χ1v) is 11.5. The van der Waals surface area contributed by atoms with Crippen molar-refractivity contribution in [2.24, 2.45) is 5.92 Å². The molecule has 1 amide bonds. The number of nitrogens with zero attached hydrogens (tertiary/aromatic N) is 2. The van der Waals surface area contributed by atoms with Crippen LogP contribution in [-0.4, -0.2) is 66.8 Å². The summed E-state index contributed by atoms with van der Waals surface area (Å²) < 4.78 is 25.5. The van der Waals surface area contributed by atoms with E-state index in [-0.39, 0.29) is 12.5 Å². The number of rotatable bonds is 10. The molecular formula is C22H36N2O4S. The highest BCUT2D eigenvalue weighted by Gasteiger charge is 2.19. The third-order valence-corrected chi connectivity index (χ3v) is 7.33. The zero-order valence-corrected chi connectivity index (χ0v) is 19.3. The number of carbonyl (C=O) groups excluding carboxylic acids is 1. The first-order chi connectivity index (χ1) is 13.8. The quantitative estimate of drug-likeness (QED) is 0.541. The van der Waals surface area contributed by atoms with Gasteiger partial charge in [-0.2, -0.15) is 0 Å². The fourth-order valence-corrected chi connectivity index (χ4v) is 5.08. The van der Waals surface area contributed by atoms with E-state index in [1.807, 2.05) is 33.0 Å². The molecule has 1 unspecified atom stereocenters. The van der Waals surface area contributed by atoms with E-state index in [2.05, 4.69) is 0 Å². The SMILES string of the molecule is COc1cc(C)c(S(=O)N(C)CCOCC(=O)N(C)CC2CCCCC2)c(C)c1. The molecule has 0 N–H and O–H groups in total. The first-order valence-electron chi connectivity index (χ1n) is 10.4. The lowest BCUT2D eigenvalue weighted by Gasteiger charge is -2.27. The number of ether oxygens (including phenoxy) is 2.